The second kappa shape index (κ2) is 4.52. The molecule has 0 aliphatic rings. The molecule has 3 aromatic rings. The number of imidazole rings is 1. The van der Waals surface area contributed by atoms with Crippen LogP contribution in [0.25, 0.3) is 22.6 Å². The van der Waals surface area contributed by atoms with E-state index in [2.05, 4.69) is 15.0 Å². The zero-order valence-electron chi connectivity index (χ0n) is 9.24. The van der Waals surface area contributed by atoms with Crippen LogP contribution >= 0.6 is 23.2 Å². The monoisotopic (exact) mass is 277 g/mol. The van der Waals surface area contributed by atoms with Crippen LogP contribution in [0.4, 0.5) is 0 Å². The highest BCUT2D eigenvalue weighted by Gasteiger charge is 2.12. The number of hydrogen-bond donors (Lipinski definition) is 2. The van der Waals surface area contributed by atoms with Gasteiger partial charge in [-0.1, -0.05) is 29.3 Å². The van der Waals surface area contributed by atoms with Crippen molar-refractivity contribution in [1.82, 2.24) is 15.0 Å². The van der Waals surface area contributed by atoms with Crippen LogP contribution in [0.2, 0.25) is 10.0 Å². The van der Waals surface area contributed by atoms with Crippen LogP contribution < -0.4 is 0 Å². The Labute approximate surface area is 114 Å². The summed E-state index contributed by atoms with van der Waals surface area (Å²) in [6.45, 7) is 0. The lowest BCUT2D eigenvalue weighted by atomic mass is 10.2. The Morgan fingerprint density at radius 1 is 1.00 bits per heavy atom. The maximum atomic E-state index is 6.15. The Bertz CT molecular complexity index is 651. The molecule has 0 unspecified atom stereocenters. The number of hydrogen-bond acceptors (Lipinski definition) is 1. The molecule has 0 fully saturated rings. The first-order valence-corrected chi connectivity index (χ1v) is 6.14. The third-order valence-corrected chi connectivity index (χ3v) is 3.30. The van der Waals surface area contributed by atoms with E-state index in [0.29, 0.717) is 10.0 Å². The Kier molecular flexibility index (Phi) is 2.86. The highest BCUT2D eigenvalue weighted by molar-refractivity contribution is 6.39. The molecule has 2 heterocycles. The van der Waals surface area contributed by atoms with Crippen molar-refractivity contribution in [2.24, 2.45) is 0 Å². The van der Waals surface area contributed by atoms with Crippen LogP contribution in [0.1, 0.15) is 0 Å². The lowest BCUT2D eigenvalue weighted by Crippen LogP contribution is -1.82. The number of aromatic nitrogens is 3. The van der Waals surface area contributed by atoms with Gasteiger partial charge in [0.05, 0.1) is 15.7 Å². The molecule has 2 aromatic heterocycles. The lowest BCUT2D eigenvalue weighted by Gasteiger charge is -2.02. The van der Waals surface area contributed by atoms with E-state index in [1.54, 1.807) is 18.3 Å². The van der Waals surface area contributed by atoms with Crippen molar-refractivity contribution in [1.29, 1.82) is 0 Å². The fraction of sp³-hybridized carbons (Fsp3) is 0. The molecule has 0 amide bonds. The van der Waals surface area contributed by atoms with Gasteiger partial charge in [0, 0.05) is 29.7 Å². The van der Waals surface area contributed by atoms with Crippen molar-refractivity contribution in [3.63, 3.8) is 0 Å². The predicted octanol–water partition coefficient (Wildman–Crippen LogP) is 4.38. The number of halogens is 2. The average molecular weight is 278 g/mol. The van der Waals surface area contributed by atoms with E-state index in [4.69, 9.17) is 23.2 Å². The van der Waals surface area contributed by atoms with E-state index in [1.807, 2.05) is 24.5 Å². The normalized spacial score (nSPS) is 10.8. The van der Waals surface area contributed by atoms with E-state index in [9.17, 15) is 0 Å². The number of nitrogens with one attached hydrogen (secondary N) is 2. The molecule has 0 bridgehead atoms. The highest BCUT2D eigenvalue weighted by Crippen LogP contribution is 2.34. The van der Waals surface area contributed by atoms with E-state index in [-0.39, 0.29) is 0 Å². The molecule has 5 heteroatoms. The molecular weight excluding hydrogens is 269 g/mol. The van der Waals surface area contributed by atoms with Gasteiger partial charge < -0.3 is 9.97 Å². The molecule has 0 spiro atoms. The minimum atomic E-state index is 0.592. The quantitative estimate of drug-likeness (QED) is 0.717. The largest absolute Gasteiger partial charge is 0.367 e. The summed E-state index contributed by atoms with van der Waals surface area (Å²) in [4.78, 5) is 10.6. The Morgan fingerprint density at radius 3 is 2.44 bits per heavy atom. The van der Waals surface area contributed by atoms with Crippen molar-refractivity contribution in [3.8, 4) is 22.6 Å². The summed E-state index contributed by atoms with van der Waals surface area (Å²) < 4.78 is 0. The predicted molar refractivity (Wildman–Crippen MR) is 73.8 cm³/mol. The van der Waals surface area contributed by atoms with Gasteiger partial charge in [-0.25, -0.2) is 4.98 Å². The maximum absolute atomic E-state index is 6.15. The minimum Gasteiger partial charge on any atom is -0.367 e. The Morgan fingerprint density at radius 2 is 1.78 bits per heavy atom. The molecule has 1 aromatic carbocycles. The first-order valence-electron chi connectivity index (χ1n) is 5.38. The molecule has 0 saturated carbocycles. The smallest absolute Gasteiger partial charge is 0.139 e. The van der Waals surface area contributed by atoms with Gasteiger partial charge in [0.2, 0.25) is 0 Å². The fourth-order valence-electron chi connectivity index (χ4n) is 1.81. The average Bonchev–Trinajstić information content (AvgIpc) is 2.99. The second-order valence-electron chi connectivity index (χ2n) is 3.83. The first-order chi connectivity index (χ1) is 8.75. The van der Waals surface area contributed by atoms with E-state index in [1.165, 1.54) is 0 Å². The van der Waals surface area contributed by atoms with Gasteiger partial charge in [0.25, 0.3) is 0 Å². The van der Waals surface area contributed by atoms with Crippen molar-refractivity contribution in [2.45, 2.75) is 0 Å². The van der Waals surface area contributed by atoms with Gasteiger partial charge in [0.1, 0.15) is 5.82 Å². The molecule has 0 aliphatic carbocycles. The molecule has 0 radical (unpaired) electrons. The third-order valence-electron chi connectivity index (χ3n) is 2.67. The summed E-state index contributed by atoms with van der Waals surface area (Å²) in [5, 5.41) is 1.18. The number of H-pyrrole nitrogens is 2. The summed E-state index contributed by atoms with van der Waals surface area (Å²) in [7, 11) is 0. The van der Waals surface area contributed by atoms with Crippen LogP contribution in [-0.2, 0) is 0 Å². The zero-order valence-corrected chi connectivity index (χ0v) is 10.8. The molecule has 18 heavy (non-hydrogen) atoms. The standard InChI is InChI=1S/C13H9Cl2N3/c14-9-2-1-3-10(15)12(9)11-7-17-13(18-11)8-4-5-16-6-8/h1-7,16H,(H,17,18). The fourth-order valence-corrected chi connectivity index (χ4v) is 2.40. The summed E-state index contributed by atoms with van der Waals surface area (Å²) in [6, 6.07) is 7.35. The first kappa shape index (κ1) is 11.4. The number of aromatic amines is 2. The van der Waals surface area contributed by atoms with Crippen LogP contribution in [-0.4, -0.2) is 15.0 Å². The van der Waals surface area contributed by atoms with Crippen LogP contribution in [0.3, 0.4) is 0 Å². The Balaban J connectivity index is 2.09. The number of rotatable bonds is 2. The zero-order chi connectivity index (χ0) is 12.5. The molecule has 0 saturated heterocycles. The second-order valence-corrected chi connectivity index (χ2v) is 4.65. The van der Waals surface area contributed by atoms with Crippen LogP contribution in [0.15, 0.2) is 42.9 Å². The molecular formula is C13H9Cl2N3. The van der Waals surface area contributed by atoms with Crippen LogP contribution in [0.5, 0.6) is 0 Å². The van der Waals surface area contributed by atoms with Gasteiger partial charge in [-0.3, -0.25) is 0 Å². The Hall–Kier alpha value is -1.71. The maximum Gasteiger partial charge on any atom is 0.139 e. The third kappa shape index (κ3) is 1.92. The summed E-state index contributed by atoms with van der Waals surface area (Å²) in [6.07, 6.45) is 5.52. The SMILES string of the molecule is Clc1cccc(Cl)c1-c1c[nH]c(-c2cc[nH]c2)n1. The summed E-state index contributed by atoms with van der Waals surface area (Å²) >= 11 is 12.3. The topological polar surface area (TPSA) is 44.5 Å². The van der Waals surface area contributed by atoms with E-state index < -0.39 is 0 Å². The molecule has 2 N–H and O–H groups in total. The molecule has 3 rings (SSSR count). The minimum absolute atomic E-state index is 0.592. The summed E-state index contributed by atoms with van der Waals surface area (Å²) in [5.41, 5.74) is 2.48. The number of nitrogens with zero attached hydrogens (tertiary/aromatic N) is 1. The van der Waals surface area contributed by atoms with Crippen molar-refractivity contribution < 1.29 is 0 Å². The van der Waals surface area contributed by atoms with Gasteiger partial charge in [-0.2, -0.15) is 0 Å². The molecule has 3 nitrogen and oxygen atoms in total. The van der Waals surface area contributed by atoms with Gasteiger partial charge >= 0.3 is 0 Å². The molecule has 0 aliphatic heterocycles. The van der Waals surface area contributed by atoms with Crippen molar-refractivity contribution >= 4 is 23.2 Å². The van der Waals surface area contributed by atoms with Crippen molar-refractivity contribution in [2.75, 3.05) is 0 Å². The van der Waals surface area contributed by atoms with Gasteiger partial charge in [0.15, 0.2) is 0 Å². The molecule has 90 valence electrons. The number of benzene rings is 1. The molecule has 0 atom stereocenters. The summed E-state index contributed by atoms with van der Waals surface area (Å²) in [5.74, 6) is 0.780. The lowest BCUT2D eigenvalue weighted by molar-refractivity contribution is 1.31. The van der Waals surface area contributed by atoms with Gasteiger partial charge in [-0.05, 0) is 18.2 Å². The van der Waals surface area contributed by atoms with E-state index in [0.717, 1.165) is 22.6 Å². The van der Waals surface area contributed by atoms with Crippen molar-refractivity contribution in [3.05, 3.63) is 52.9 Å². The highest BCUT2D eigenvalue weighted by atomic mass is 35.5. The van der Waals surface area contributed by atoms with Gasteiger partial charge in [-0.15, -0.1) is 0 Å². The van der Waals surface area contributed by atoms with Crippen LogP contribution in [0, 0.1) is 0 Å². The van der Waals surface area contributed by atoms with E-state index >= 15 is 0 Å².